The van der Waals surface area contributed by atoms with E-state index in [1.54, 1.807) is 11.5 Å². The predicted octanol–water partition coefficient (Wildman–Crippen LogP) is 3.18. The molecule has 0 unspecified atom stereocenters. The quantitative estimate of drug-likeness (QED) is 0.349. The predicted molar refractivity (Wildman–Crippen MR) is 140 cm³/mol. The number of carbonyl (C=O) groups is 2. The summed E-state index contributed by atoms with van der Waals surface area (Å²) in [6.45, 7) is 3.18. The molecule has 9 nitrogen and oxygen atoms in total. The van der Waals surface area contributed by atoms with Crippen molar-refractivity contribution < 1.29 is 27.5 Å². The van der Waals surface area contributed by atoms with Gasteiger partial charge in [0, 0.05) is 24.0 Å². The summed E-state index contributed by atoms with van der Waals surface area (Å²) < 4.78 is 40.1. The molecule has 4 aromatic rings. The van der Waals surface area contributed by atoms with Crippen molar-refractivity contribution in [3.8, 4) is 0 Å². The number of fused-ring (bicyclic) bond motifs is 3. The number of ether oxygens (including phenoxy) is 2. The van der Waals surface area contributed by atoms with Gasteiger partial charge in [0.2, 0.25) is 10.0 Å². The number of rotatable bonds is 6. The molecular weight excluding hydrogens is 514 g/mol. The van der Waals surface area contributed by atoms with Gasteiger partial charge >= 0.3 is 5.97 Å². The van der Waals surface area contributed by atoms with E-state index in [0.717, 1.165) is 21.0 Å². The molecule has 192 valence electrons. The first-order valence-corrected chi connectivity index (χ1v) is 14.1. The van der Waals surface area contributed by atoms with E-state index >= 15 is 0 Å². The number of morpholine rings is 1. The van der Waals surface area contributed by atoms with E-state index in [4.69, 9.17) is 9.47 Å². The van der Waals surface area contributed by atoms with Crippen molar-refractivity contribution in [1.29, 1.82) is 0 Å². The minimum atomic E-state index is -3.67. The molecule has 1 aliphatic heterocycles. The SMILES string of the molecule is CCOC(=O)Cn1c(=NC(=O)c2ccc(S(=O)(=O)N3CCOCC3)cc2)sc2c3ccccc3ccc21. The Morgan fingerprint density at radius 3 is 2.49 bits per heavy atom. The van der Waals surface area contributed by atoms with E-state index in [0.29, 0.717) is 31.1 Å². The summed E-state index contributed by atoms with van der Waals surface area (Å²) in [5, 5.41) is 2.03. The monoisotopic (exact) mass is 539 g/mol. The van der Waals surface area contributed by atoms with Gasteiger partial charge in [-0.25, -0.2) is 8.42 Å². The zero-order chi connectivity index (χ0) is 26.0. The van der Waals surface area contributed by atoms with Crippen LogP contribution in [0.4, 0.5) is 0 Å². The Morgan fingerprint density at radius 1 is 1.03 bits per heavy atom. The third-order valence-electron chi connectivity index (χ3n) is 6.07. The van der Waals surface area contributed by atoms with Crippen LogP contribution in [0.15, 0.2) is 70.6 Å². The van der Waals surface area contributed by atoms with Crippen LogP contribution in [0, 0.1) is 0 Å². The van der Waals surface area contributed by atoms with Gasteiger partial charge in [0.25, 0.3) is 5.91 Å². The normalized spacial score (nSPS) is 15.3. The van der Waals surface area contributed by atoms with Crippen molar-refractivity contribution in [3.63, 3.8) is 0 Å². The molecular formula is C26H25N3O6S2. The fourth-order valence-electron chi connectivity index (χ4n) is 4.23. The maximum absolute atomic E-state index is 13.1. The average molecular weight is 540 g/mol. The molecule has 0 radical (unpaired) electrons. The van der Waals surface area contributed by atoms with Crippen LogP contribution in [0.1, 0.15) is 17.3 Å². The highest BCUT2D eigenvalue weighted by molar-refractivity contribution is 7.89. The highest BCUT2D eigenvalue weighted by Crippen LogP contribution is 2.28. The van der Waals surface area contributed by atoms with E-state index in [9.17, 15) is 18.0 Å². The Labute approximate surface area is 217 Å². The summed E-state index contributed by atoms with van der Waals surface area (Å²) in [6, 6.07) is 17.5. The Kier molecular flexibility index (Phi) is 7.20. The van der Waals surface area contributed by atoms with Crippen LogP contribution in [0.5, 0.6) is 0 Å². The molecule has 37 heavy (non-hydrogen) atoms. The lowest BCUT2D eigenvalue weighted by Crippen LogP contribution is -2.40. The van der Waals surface area contributed by atoms with Gasteiger partial charge in [-0.05, 0) is 42.6 Å². The third kappa shape index (κ3) is 5.08. The number of benzene rings is 3. The average Bonchev–Trinajstić information content (AvgIpc) is 3.26. The second kappa shape index (κ2) is 10.5. The van der Waals surface area contributed by atoms with Crippen molar-refractivity contribution >= 4 is 54.2 Å². The summed E-state index contributed by atoms with van der Waals surface area (Å²) in [4.78, 5) is 30.3. The molecule has 5 rings (SSSR count). The van der Waals surface area contributed by atoms with Gasteiger partial charge in [0.15, 0.2) is 4.80 Å². The number of hydrogen-bond donors (Lipinski definition) is 0. The van der Waals surface area contributed by atoms with Crippen molar-refractivity contribution in [2.75, 3.05) is 32.9 Å². The maximum atomic E-state index is 13.1. The number of amides is 1. The van der Waals surface area contributed by atoms with Gasteiger partial charge in [0.05, 0.1) is 34.9 Å². The lowest BCUT2D eigenvalue weighted by atomic mass is 10.1. The summed E-state index contributed by atoms with van der Waals surface area (Å²) in [5.41, 5.74) is 1.01. The van der Waals surface area contributed by atoms with Gasteiger partial charge in [-0.2, -0.15) is 9.30 Å². The third-order valence-corrected chi connectivity index (χ3v) is 9.11. The number of hydrogen-bond acceptors (Lipinski definition) is 7. The van der Waals surface area contributed by atoms with E-state index < -0.39 is 21.9 Å². The Balaban J connectivity index is 1.53. The second-order valence-corrected chi connectivity index (χ2v) is 11.3. The first-order valence-electron chi connectivity index (χ1n) is 11.8. The first-order chi connectivity index (χ1) is 17.9. The number of sulfonamides is 1. The second-order valence-electron chi connectivity index (χ2n) is 8.37. The molecule has 1 aliphatic rings. The lowest BCUT2D eigenvalue weighted by molar-refractivity contribution is -0.143. The van der Waals surface area contributed by atoms with E-state index in [1.165, 1.54) is 39.9 Å². The number of thiazole rings is 1. The fraction of sp³-hybridized carbons (Fsp3) is 0.269. The van der Waals surface area contributed by atoms with Gasteiger partial charge < -0.3 is 14.0 Å². The fourth-order valence-corrected chi connectivity index (χ4v) is 6.80. The molecule has 0 aliphatic carbocycles. The molecule has 1 saturated heterocycles. The number of carbonyl (C=O) groups excluding carboxylic acids is 2. The molecule has 0 bridgehead atoms. The lowest BCUT2D eigenvalue weighted by Gasteiger charge is -2.26. The van der Waals surface area contributed by atoms with Gasteiger partial charge in [-0.3, -0.25) is 9.59 Å². The van der Waals surface area contributed by atoms with Crippen LogP contribution in [-0.2, 0) is 30.8 Å². The summed E-state index contributed by atoms with van der Waals surface area (Å²) in [5.74, 6) is -0.967. The van der Waals surface area contributed by atoms with Gasteiger partial charge in [-0.1, -0.05) is 41.7 Å². The minimum Gasteiger partial charge on any atom is -0.465 e. The highest BCUT2D eigenvalue weighted by atomic mass is 32.2. The van der Waals surface area contributed by atoms with Gasteiger partial charge in [0.1, 0.15) is 6.54 Å². The van der Waals surface area contributed by atoms with Crippen molar-refractivity contribution in [2.24, 2.45) is 4.99 Å². The molecule has 1 fully saturated rings. The van der Waals surface area contributed by atoms with Gasteiger partial charge in [-0.15, -0.1) is 0 Å². The number of nitrogens with zero attached hydrogens (tertiary/aromatic N) is 3. The topological polar surface area (TPSA) is 107 Å². The molecule has 3 aromatic carbocycles. The first kappa shape index (κ1) is 25.3. The molecule has 11 heteroatoms. The molecule has 0 spiro atoms. The van der Waals surface area contributed by atoms with E-state index in [-0.39, 0.29) is 23.6 Å². The minimum absolute atomic E-state index is 0.0883. The Morgan fingerprint density at radius 2 is 1.76 bits per heavy atom. The zero-order valence-electron chi connectivity index (χ0n) is 20.1. The maximum Gasteiger partial charge on any atom is 0.326 e. The molecule has 0 saturated carbocycles. The largest absolute Gasteiger partial charge is 0.465 e. The Hall–Kier alpha value is -3.38. The molecule has 1 amide bonds. The van der Waals surface area contributed by atoms with Crippen LogP contribution in [-0.4, -0.2) is 62.1 Å². The van der Waals surface area contributed by atoms with Crippen LogP contribution in [0.3, 0.4) is 0 Å². The number of aromatic nitrogens is 1. The standard InChI is InChI=1S/C26H25N3O6S2/c1-2-35-23(30)17-29-22-12-9-18-5-3-4-6-21(18)24(22)36-26(29)27-25(31)19-7-10-20(11-8-19)37(32,33)28-13-15-34-16-14-28/h3-12H,2,13-17H2,1H3. The van der Waals surface area contributed by atoms with E-state index in [1.807, 2.05) is 36.4 Å². The molecule has 0 N–H and O–H groups in total. The smallest absolute Gasteiger partial charge is 0.326 e. The van der Waals surface area contributed by atoms with Crippen LogP contribution >= 0.6 is 11.3 Å². The van der Waals surface area contributed by atoms with Crippen LogP contribution in [0.2, 0.25) is 0 Å². The summed E-state index contributed by atoms with van der Waals surface area (Å²) in [6.07, 6.45) is 0. The van der Waals surface area contributed by atoms with Crippen molar-refractivity contribution in [3.05, 3.63) is 71.0 Å². The van der Waals surface area contributed by atoms with Crippen molar-refractivity contribution in [1.82, 2.24) is 8.87 Å². The van der Waals surface area contributed by atoms with Crippen LogP contribution < -0.4 is 4.80 Å². The highest BCUT2D eigenvalue weighted by Gasteiger charge is 2.26. The molecule has 2 heterocycles. The summed E-state index contributed by atoms with van der Waals surface area (Å²) in [7, 11) is -3.67. The van der Waals surface area contributed by atoms with Crippen molar-refractivity contribution in [2.45, 2.75) is 18.4 Å². The van der Waals surface area contributed by atoms with Crippen LogP contribution in [0.25, 0.3) is 21.0 Å². The number of esters is 1. The molecule has 0 atom stereocenters. The zero-order valence-corrected chi connectivity index (χ0v) is 21.8. The Bertz CT molecular complexity index is 1650. The summed E-state index contributed by atoms with van der Waals surface area (Å²) >= 11 is 1.32. The van der Waals surface area contributed by atoms with E-state index in [2.05, 4.69) is 4.99 Å². The molecule has 1 aromatic heterocycles.